The number of carbonyl (C=O) groups is 2. The van der Waals surface area contributed by atoms with E-state index in [2.05, 4.69) is 5.32 Å². The summed E-state index contributed by atoms with van der Waals surface area (Å²) in [4.78, 5) is 27.1. The molecule has 1 unspecified atom stereocenters. The van der Waals surface area contributed by atoms with Crippen LogP contribution in [-0.2, 0) is 14.3 Å². The van der Waals surface area contributed by atoms with Gasteiger partial charge in [-0.1, -0.05) is 0 Å². The van der Waals surface area contributed by atoms with Gasteiger partial charge in [0, 0.05) is 46.4 Å². The highest BCUT2D eigenvalue weighted by Gasteiger charge is 2.39. The van der Waals surface area contributed by atoms with E-state index in [1.165, 1.54) is 0 Å². The molecule has 6 nitrogen and oxygen atoms in total. The Bertz CT molecular complexity index is 308. The molecule has 1 atom stereocenters. The van der Waals surface area contributed by atoms with Crippen molar-refractivity contribution in [3.63, 3.8) is 0 Å². The summed E-state index contributed by atoms with van der Waals surface area (Å²) in [7, 11) is 1.63. The smallest absolute Gasteiger partial charge is 0.312 e. The Morgan fingerprint density at radius 1 is 1.41 bits per heavy atom. The Balaban J connectivity index is 1.95. The lowest BCUT2D eigenvalue weighted by Gasteiger charge is -2.43. The molecule has 2 rings (SSSR count). The van der Waals surface area contributed by atoms with Crippen molar-refractivity contribution in [2.45, 2.75) is 12.5 Å². The average Bonchev–Trinajstić information content (AvgIpc) is 2.35. The van der Waals surface area contributed by atoms with Gasteiger partial charge in [-0.15, -0.1) is 0 Å². The van der Waals surface area contributed by atoms with Crippen molar-refractivity contribution in [1.29, 1.82) is 0 Å². The third-order valence-corrected chi connectivity index (χ3v) is 3.29. The summed E-state index contributed by atoms with van der Waals surface area (Å²) in [6, 6.07) is 0.136. The summed E-state index contributed by atoms with van der Waals surface area (Å²) < 4.78 is 4.96. The fourth-order valence-corrected chi connectivity index (χ4v) is 2.38. The largest absolute Gasteiger partial charge is 0.385 e. The molecule has 0 bridgehead atoms. The molecule has 96 valence electrons. The van der Waals surface area contributed by atoms with E-state index < -0.39 is 0 Å². The Morgan fingerprint density at radius 3 is 3.00 bits per heavy atom. The highest BCUT2D eigenvalue weighted by Crippen LogP contribution is 2.14. The molecule has 0 aromatic carbocycles. The third kappa shape index (κ3) is 2.58. The first-order valence-corrected chi connectivity index (χ1v) is 6.03. The minimum atomic E-state index is -0.362. The first-order valence-electron chi connectivity index (χ1n) is 6.03. The number of rotatable bonds is 4. The topological polar surface area (TPSA) is 61.9 Å². The molecule has 2 aliphatic heterocycles. The molecule has 0 spiro atoms. The number of carbonyl (C=O) groups excluding carboxylic acids is 2. The van der Waals surface area contributed by atoms with Crippen LogP contribution in [0.5, 0.6) is 0 Å². The normalized spacial score (nSPS) is 25.1. The van der Waals surface area contributed by atoms with Crippen LogP contribution in [0.4, 0.5) is 0 Å². The zero-order valence-corrected chi connectivity index (χ0v) is 10.1. The predicted octanol–water partition coefficient (Wildman–Crippen LogP) is -1.33. The molecule has 0 radical (unpaired) electrons. The van der Waals surface area contributed by atoms with Crippen LogP contribution in [0.3, 0.4) is 0 Å². The van der Waals surface area contributed by atoms with Crippen molar-refractivity contribution in [1.82, 2.24) is 15.1 Å². The monoisotopic (exact) mass is 241 g/mol. The number of nitrogens with zero attached hydrogens (tertiary/aromatic N) is 2. The predicted molar refractivity (Wildman–Crippen MR) is 61.4 cm³/mol. The fourth-order valence-electron chi connectivity index (χ4n) is 2.38. The molecule has 0 aromatic heterocycles. The van der Waals surface area contributed by atoms with E-state index in [-0.39, 0.29) is 17.9 Å². The van der Waals surface area contributed by atoms with E-state index in [0.717, 1.165) is 19.5 Å². The number of nitrogens with one attached hydrogen (secondary N) is 1. The minimum Gasteiger partial charge on any atom is -0.385 e. The Hall–Kier alpha value is -1.14. The van der Waals surface area contributed by atoms with Crippen molar-refractivity contribution in [3.05, 3.63) is 0 Å². The molecule has 6 heteroatoms. The van der Waals surface area contributed by atoms with Crippen molar-refractivity contribution in [2.24, 2.45) is 0 Å². The van der Waals surface area contributed by atoms with E-state index in [0.29, 0.717) is 26.2 Å². The number of hydrogen-bond donors (Lipinski definition) is 1. The number of hydrogen-bond acceptors (Lipinski definition) is 4. The van der Waals surface area contributed by atoms with E-state index in [1.54, 1.807) is 16.9 Å². The van der Waals surface area contributed by atoms with Crippen LogP contribution in [0.25, 0.3) is 0 Å². The van der Waals surface area contributed by atoms with Crippen molar-refractivity contribution in [3.8, 4) is 0 Å². The zero-order valence-electron chi connectivity index (χ0n) is 10.1. The summed E-state index contributed by atoms with van der Waals surface area (Å²) in [5.41, 5.74) is 0. The summed E-state index contributed by atoms with van der Waals surface area (Å²) >= 11 is 0. The molecule has 0 saturated carbocycles. The fraction of sp³-hybridized carbons (Fsp3) is 0.818. The van der Waals surface area contributed by atoms with Gasteiger partial charge in [0.05, 0.1) is 6.04 Å². The SMILES string of the molecule is COCCCN1CC2CNCCN2C(=O)C1=O. The van der Waals surface area contributed by atoms with E-state index in [4.69, 9.17) is 4.74 Å². The van der Waals surface area contributed by atoms with Crippen LogP contribution < -0.4 is 5.32 Å². The van der Waals surface area contributed by atoms with Gasteiger partial charge in [0.1, 0.15) is 0 Å². The molecule has 2 saturated heterocycles. The molecule has 2 heterocycles. The maximum absolute atomic E-state index is 11.9. The lowest BCUT2D eigenvalue weighted by atomic mass is 10.1. The number of ether oxygens (including phenoxy) is 1. The number of fused-ring (bicyclic) bond motifs is 1. The second-order valence-electron chi connectivity index (χ2n) is 4.45. The molecule has 17 heavy (non-hydrogen) atoms. The molecule has 2 aliphatic rings. The van der Waals surface area contributed by atoms with Crippen LogP contribution >= 0.6 is 0 Å². The van der Waals surface area contributed by atoms with Gasteiger partial charge in [-0.3, -0.25) is 9.59 Å². The molecule has 2 fully saturated rings. The van der Waals surface area contributed by atoms with E-state index in [1.807, 2.05) is 0 Å². The highest BCUT2D eigenvalue weighted by atomic mass is 16.5. The summed E-state index contributed by atoms with van der Waals surface area (Å²) in [6.07, 6.45) is 0.773. The quantitative estimate of drug-likeness (QED) is 0.489. The molecular weight excluding hydrogens is 222 g/mol. The Morgan fingerprint density at radius 2 is 2.24 bits per heavy atom. The molecular formula is C11H19N3O3. The maximum Gasteiger partial charge on any atom is 0.312 e. The minimum absolute atomic E-state index is 0.136. The van der Waals surface area contributed by atoms with Crippen molar-refractivity contribution < 1.29 is 14.3 Å². The summed E-state index contributed by atoms with van der Waals surface area (Å²) in [6.45, 7) is 4.05. The first kappa shape index (κ1) is 12.3. The van der Waals surface area contributed by atoms with Gasteiger partial charge in [-0.05, 0) is 6.42 Å². The van der Waals surface area contributed by atoms with Crippen LogP contribution in [0.2, 0.25) is 0 Å². The van der Waals surface area contributed by atoms with E-state index in [9.17, 15) is 9.59 Å². The maximum atomic E-state index is 11.9. The van der Waals surface area contributed by atoms with Crippen LogP contribution in [0, 0.1) is 0 Å². The lowest BCUT2D eigenvalue weighted by molar-refractivity contribution is -0.159. The number of methoxy groups -OCH3 is 1. The van der Waals surface area contributed by atoms with Crippen LogP contribution in [0.1, 0.15) is 6.42 Å². The second-order valence-corrected chi connectivity index (χ2v) is 4.45. The standard InChI is InChI=1S/C11H19N3O3/c1-17-6-2-4-13-8-9-7-12-3-5-14(9)11(16)10(13)15/h9,12H,2-8H2,1H3. The van der Waals surface area contributed by atoms with Crippen LogP contribution in [-0.4, -0.2) is 74.1 Å². The molecule has 2 amide bonds. The van der Waals surface area contributed by atoms with Gasteiger partial charge >= 0.3 is 11.8 Å². The van der Waals surface area contributed by atoms with Gasteiger partial charge in [0.25, 0.3) is 0 Å². The highest BCUT2D eigenvalue weighted by molar-refractivity contribution is 6.35. The van der Waals surface area contributed by atoms with Crippen molar-refractivity contribution >= 4 is 11.8 Å². The van der Waals surface area contributed by atoms with E-state index >= 15 is 0 Å². The van der Waals surface area contributed by atoms with Crippen LogP contribution in [0.15, 0.2) is 0 Å². The third-order valence-electron chi connectivity index (χ3n) is 3.29. The van der Waals surface area contributed by atoms with Gasteiger partial charge in [0.15, 0.2) is 0 Å². The Labute approximate surface area is 101 Å². The lowest BCUT2D eigenvalue weighted by Crippen LogP contribution is -2.65. The zero-order chi connectivity index (χ0) is 12.3. The van der Waals surface area contributed by atoms with Gasteiger partial charge in [-0.2, -0.15) is 0 Å². The summed E-state index contributed by atoms with van der Waals surface area (Å²) in [5.74, 6) is -0.709. The average molecular weight is 241 g/mol. The van der Waals surface area contributed by atoms with Gasteiger partial charge < -0.3 is 19.9 Å². The number of piperazine rings is 2. The first-order chi connectivity index (χ1) is 8.24. The van der Waals surface area contributed by atoms with Gasteiger partial charge in [-0.25, -0.2) is 0 Å². The summed E-state index contributed by atoms with van der Waals surface area (Å²) in [5, 5.41) is 3.25. The molecule has 0 aromatic rings. The molecule has 1 N–H and O–H groups in total. The second kappa shape index (κ2) is 5.46. The van der Waals surface area contributed by atoms with Gasteiger partial charge in [0.2, 0.25) is 0 Å². The van der Waals surface area contributed by atoms with Crippen molar-refractivity contribution in [2.75, 3.05) is 46.4 Å². The Kier molecular flexibility index (Phi) is 3.96. The molecule has 0 aliphatic carbocycles. The number of amides is 2.